The number of allylic oxidation sites excluding steroid dienone is 1. The van der Waals surface area contributed by atoms with Crippen molar-refractivity contribution in [1.82, 2.24) is 0 Å². The van der Waals surface area contributed by atoms with Gasteiger partial charge in [-0.05, 0) is 52.7 Å². The van der Waals surface area contributed by atoms with Crippen molar-refractivity contribution in [2.24, 2.45) is 22.7 Å². The standard InChI is InChI=1S/C33H40O4/c1-32(2)28-18-19-33(32,3)30(27-15-9-13-23-12-7-8-14-26(23)27)31(28)37-29(36)21-25(35)20-24(34)17-16-22-10-5-4-6-11-22/h4-14,16-17,24-25,27-28,30-31,34-35H,15,18-21H2,1-3H3/b17-16+/t24-,25-,27-,28?,30?,31?,33?/m0/s1. The topological polar surface area (TPSA) is 66.8 Å². The van der Waals surface area contributed by atoms with E-state index in [1.165, 1.54) is 11.1 Å². The van der Waals surface area contributed by atoms with Gasteiger partial charge in [-0.15, -0.1) is 0 Å². The number of hydrogen-bond donors (Lipinski definition) is 2. The Labute approximate surface area is 221 Å². The minimum atomic E-state index is -0.957. The number of esters is 1. The largest absolute Gasteiger partial charge is 0.462 e. The van der Waals surface area contributed by atoms with Gasteiger partial charge in [0.15, 0.2) is 0 Å². The Kier molecular flexibility index (Phi) is 7.17. The molecule has 2 bridgehead atoms. The predicted molar refractivity (Wildman–Crippen MR) is 148 cm³/mol. The van der Waals surface area contributed by atoms with Gasteiger partial charge in [0.25, 0.3) is 0 Å². The number of carbonyl (C=O) groups excluding carboxylic acids is 1. The zero-order chi connectivity index (χ0) is 26.2. The van der Waals surface area contributed by atoms with Crippen LogP contribution in [0.5, 0.6) is 0 Å². The first-order chi connectivity index (χ1) is 17.7. The van der Waals surface area contributed by atoms with E-state index in [-0.39, 0.29) is 41.7 Å². The maximum Gasteiger partial charge on any atom is 0.308 e. The van der Waals surface area contributed by atoms with Crippen molar-refractivity contribution >= 4 is 18.1 Å². The summed E-state index contributed by atoms with van der Waals surface area (Å²) >= 11 is 0. The average Bonchev–Trinajstić information content (AvgIpc) is 3.20. The molecule has 2 aromatic rings. The normalized spacial score (nSPS) is 31.3. The van der Waals surface area contributed by atoms with Crippen LogP contribution < -0.4 is 0 Å². The van der Waals surface area contributed by atoms with Gasteiger partial charge in [0.2, 0.25) is 0 Å². The van der Waals surface area contributed by atoms with Crippen molar-refractivity contribution in [3.63, 3.8) is 0 Å². The van der Waals surface area contributed by atoms with Crippen LogP contribution in [0.3, 0.4) is 0 Å². The van der Waals surface area contributed by atoms with E-state index in [1.54, 1.807) is 6.08 Å². The zero-order valence-corrected chi connectivity index (χ0v) is 22.2. The molecule has 2 N–H and O–H groups in total. The maximum atomic E-state index is 13.1. The van der Waals surface area contributed by atoms with Gasteiger partial charge >= 0.3 is 5.97 Å². The number of aliphatic hydroxyl groups is 2. The fourth-order valence-corrected chi connectivity index (χ4v) is 7.60. The lowest BCUT2D eigenvalue weighted by molar-refractivity contribution is -0.159. The molecule has 0 aromatic heterocycles. The third-order valence-electron chi connectivity index (χ3n) is 9.87. The fourth-order valence-electron chi connectivity index (χ4n) is 7.60. The van der Waals surface area contributed by atoms with Crippen LogP contribution in [0.1, 0.15) is 75.5 Å². The van der Waals surface area contributed by atoms with Crippen LogP contribution in [0, 0.1) is 22.7 Å². The van der Waals surface area contributed by atoms with E-state index in [2.05, 4.69) is 57.2 Å². The van der Waals surface area contributed by atoms with Crippen LogP contribution in [0.2, 0.25) is 0 Å². The Morgan fingerprint density at radius 3 is 2.59 bits per heavy atom. The molecule has 0 saturated heterocycles. The number of carbonyl (C=O) groups is 1. The summed E-state index contributed by atoms with van der Waals surface area (Å²) in [6.45, 7) is 7.09. The lowest BCUT2D eigenvalue weighted by Gasteiger charge is -2.45. The van der Waals surface area contributed by atoms with Gasteiger partial charge in [-0.25, -0.2) is 0 Å². The molecule has 2 aromatic carbocycles. The van der Waals surface area contributed by atoms with Crippen LogP contribution >= 0.6 is 0 Å². The van der Waals surface area contributed by atoms with E-state index in [0.29, 0.717) is 11.8 Å². The summed E-state index contributed by atoms with van der Waals surface area (Å²) in [5, 5.41) is 21.0. The summed E-state index contributed by atoms with van der Waals surface area (Å²) in [5.41, 5.74) is 3.74. The van der Waals surface area contributed by atoms with E-state index in [4.69, 9.17) is 4.74 Å². The molecule has 0 heterocycles. The maximum absolute atomic E-state index is 13.1. The Morgan fingerprint density at radius 1 is 1.08 bits per heavy atom. The van der Waals surface area contributed by atoms with Gasteiger partial charge < -0.3 is 14.9 Å². The third kappa shape index (κ3) is 4.82. The Bertz CT molecular complexity index is 1170. The number of ether oxygens (including phenoxy) is 1. The van der Waals surface area contributed by atoms with Gasteiger partial charge in [-0.1, -0.05) is 99.7 Å². The first-order valence-corrected chi connectivity index (χ1v) is 13.7. The highest BCUT2D eigenvalue weighted by Gasteiger charge is 2.68. The number of hydrogen-bond acceptors (Lipinski definition) is 4. The van der Waals surface area contributed by atoms with Crippen molar-refractivity contribution in [2.75, 3.05) is 0 Å². The van der Waals surface area contributed by atoms with Crippen LogP contribution in [0.4, 0.5) is 0 Å². The molecular formula is C33H40O4. The summed E-state index contributed by atoms with van der Waals surface area (Å²) in [4.78, 5) is 13.1. The molecule has 3 aliphatic rings. The summed E-state index contributed by atoms with van der Waals surface area (Å²) < 4.78 is 6.29. The first kappa shape index (κ1) is 25.9. The van der Waals surface area contributed by atoms with Crippen molar-refractivity contribution in [2.45, 2.75) is 77.1 Å². The molecule has 4 unspecified atom stereocenters. The van der Waals surface area contributed by atoms with Gasteiger partial charge in [0.1, 0.15) is 6.10 Å². The highest BCUT2D eigenvalue weighted by atomic mass is 16.5. The zero-order valence-electron chi connectivity index (χ0n) is 22.2. The van der Waals surface area contributed by atoms with Crippen molar-refractivity contribution in [3.8, 4) is 0 Å². The third-order valence-corrected chi connectivity index (χ3v) is 9.87. The van der Waals surface area contributed by atoms with Gasteiger partial charge in [-0.3, -0.25) is 4.79 Å². The van der Waals surface area contributed by atoms with Gasteiger partial charge in [0.05, 0.1) is 18.6 Å². The molecule has 37 heavy (non-hydrogen) atoms. The minimum absolute atomic E-state index is 0.0652. The molecule has 2 saturated carbocycles. The molecule has 5 rings (SSSR count). The molecule has 4 nitrogen and oxygen atoms in total. The molecule has 0 amide bonds. The second kappa shape index (κ2) is 10.2. The highest BCUT2D eigenvalue weighted by Crippen LogP contribution is 2.71. The monoisotopic (exact) mass is 500 g/mol. The predicted octanol–water partition coefficient (Wildman–Crippen LogP) is 6.39. The van der Waals surface area contributed by atoms with Gasteiger partial charge in [-0.2, -0.15) is 0 Å². The molecule has 3 aliphatic carbocycles. The van der Waals surface area contributed by atoms with Crippen molar-refractivity contribution in [1.29, 1.82) is 0 Å². The molecule has 4 heteroatoms. The lowest BCUT2D eigenvalue weighted by atomic mass is 9.60. The summed E-state index contributed by atoms with van der Waals surface area (Å²) in [5.74, 6) is 0.477. The van der Waals surface area contributed by atoms with Crippen LogP contribution in [0.15, 0.2) is 66.7 Å². The van der Waals surface area contributed by atoms with Crippen molar-refractivity contribution < 1.29 is 19.7 Å². The number of rotatable bonds is 8. The second-order valence-corrected chi connectivity index (χ2v) is 12.1. The Morgan fingerprint density at radius 2 is 1.81 bits per heavy atom. The Balaban J connectivity index is 1.28. The second-order valence-electron chi connectivity index (χ2n) is 12.1. The lowest BCUT2D eigenvalue weighted by Crippen LogP contribution is -2.41. The SMILES string of the molecule is CC1(C)C2CCC1(C)C([C@H]1CC=Cc3ccccc31)C2OC(=O)C[C@@H](O)C[C@@H](O)/C=C/c1ccccc1. The molecule has 2 fully saturated rings. The number of aliphatic hydroxyl groups excluding tert-OH is 2. The summed E-state index contributed by atoms with van der Waals surface area (Å²) in [6.07, 6.45) is 9.17. The molecule has 0 radical (unpaired) electrons. The van der Waals surface area contributed by atoms with Crippen molar-refractivity contribution in [3.05, 3.63) is 83.4 Å². The number of fused-ring (bicyclic) bond motifs is 3. The van der Waals surface area contributed by atoms with Crippen LogP contribution in [-0.2, 0) is 9.53 Å². The molecule has 7 atom stereocenters. The van der Waals surface area contributed by atoms with E-state index >= 15 is 0 Å². The van der Waals surface area contributed by atoms with E-state index in [1.807, 2.05) is 36.4 Å². The van der Waals surface area contributed by atoms with Gasteiger partial charge in [0, 0.05) is 18.3 Å². The van der Waals surface area contributed by atoms with E-state index in [9.17, 15) is 15.0 Å². The molecule has 0 spiro atoms. The summed E-state index contributed by atoms with van der Waals surface area (Å²) in [7, 11) is 0. The summed E-state index contributed by atoms with van der Waals surface area (Å²) in [6, 6.07) is 18.3. The fraction of sp³-hybridized carbons (Fsp3) is 0.485. The smallest absolute Gasteiger partial charge is 0.308 e. The minimum Gasteiger partial charge on any atom is -0.462 e. The Hall–Kier alpha value is -2.69. The van der Waals surface area contributed by atoms with Crippen LogP contribution in [0.25, 0.3) is 12.2 Å². The molecule has 0 aliphatic heterocycles. The first-order valence-electron chi connectivity index (χ1n) is 13.7. The number of benzene rings is 2. The molecular weight excluding hydrogens is 460 g/mol. The van der Waals surface area contributed by atoms with Crippen LogP contribution in [-0.4, -0.2) is 34.5 Å². The van der Waals surface area contributed by atoms with E-state index < -0.39 is 12.2 Å². The quantitative estimate of drug-likeness (QED) is 0.412. The average molecular weight is 501 g/mol. The highest BCUT2D eigenvalue weighted by molar-refractivity contribution is 5.70. The molecule has 196 valence electrons. The van der Waals surface area contributed by atoms with E-state index in [0.717, 1.165) is 24.8 Å².